The minimum absolute atomic E-state index is 0.0625. The SMILES string of the molecule is CCCCCCCCCCCCCCCCCCCCCC(=O)OC[C@@H](COC(=O)CCCCCCCCCCCC(C)C)OC(=O)CCCCCCCCCCCCCCCCCCC(C)C. The van der Waals surface area contributed by atoms with E-state index >= 15 is 0 Å². The second-order valence-corrected chi connectivity index (χ2v) is 22.3. The molecule has 68 heavy (non-hydrogen) atoms. The second kappa shape index (κ2) is 54.7. The van der Waals surface area contributed by atoms with Crippen molar-refractivity contribution in [1.82, 2.24) is 0 Å². The largest absolute Gasteiger partial charge is 0.462 e. The van der Waals surface area contributed by atoms with E-state index in [-0.39, 0.29) is 31.1 Å². The van der Waals surface area contributed by atoms with Crippen LogP contribution in [0.5, 0.6) is 0 Å². The molecule has 0 aliphatic heterocycles. The third-order valence-corrected chi connectivity index (χ3v) is 14.2. The topological polar surface area (TPSA) is 78.9 Å². The number of carbonyl (C=O) groups excluding carboxylic acids is 3. The van der Waals surface area contributed by atoms with Crippen LogP contribution in [-0.4, -0.2) is 37.2 Å². The summed E-state index contributed by atoms with van der Waals surface area (Å²) in [7, 11) is 0. The van der Waals surface area contributed by atoms with Crippen LogP contribution in [0.3, 0.4) is 0 Å². The lowest BCUT2D eigenvalue weighted by Gasteiger charge is -2.18. The lowest BCUT2D eigenvalue weighted by molar-refractivity contribution is -0.167. The van der Waals surface area contributed by atoms with E-state index in [4.69, 9.17) is 14.2 Å². The number of hydrogen-bond acceptors (Lipinski definition) is 6. The zero-order chi connectivity index (χ0) is 49.6. The van der Waals surface area contributed by atoms with Gasteiger partial charge in [-0.1, -0.05) is 311 Å². The molecule has 0 radical (unpaired) electrons. The molecule has 0 saturated carbocycles. The van der Waals surface area contributed by atoms with Crippen LogP contribution < -0.4 is 0 Å². The lowest BCUT2D eigenvalue weighted by atomic mass is 10.0. The number of rotatable bonds is 56. The van der Waals surface area contributed by atoms with Crippen molar-refractivity contribution in [3.63, 3.8) is 0 Å². The fourth-order valence-electron chi connectivity index (χ4n) is 9.58. The van der Waals surface area contributed by atoms with Gasteiger partial charge in [0.05, 0.1) is 0 Å². The van der Waals surface area contributed by atoms with Crippen LogP contribution in [0.15, 0.2) is 0 Å². The Morgan fingerprint density at radius 2 is 0.485 bits per heavy atom. The second-order valence-electron chi connectivity index (χ2n) is 22.3. The summed E-state index contributed by atoms with van der Waals surface area (Å²) in [5.74, 6) is 0.824. The van der Waals surface area contributed by atoms with Gasteiger partial charge < -0.3 is 14.2 Å². The van der Waals surface area contributed by atoms with Crippen LogP contribution in [0.1, 0.15) is 349 Å². The molecular formula is C62H120O6. The summed E-state index contributed by atoms with van der Waals surface area (Å²) in [5, 5.41) is 0. The van der Waals surface area contributed by atoms with Crippen molar-refractivity contribution in [1.29, 1.82) is 0 Å². The molecule has 0 aromatic rings. The molecule has 1 atom stereocenters. The highest BCUT2D eigenvalue weighted by Gasteiger charge is 2.19. The van der Waals surface area contributed by atoms with Gasteiger partial charge in [-0.15, -0.1) is 0 Å². The summed E-state index contributed by atoms with van der Waals surface area (Å²) >= 11 is 0. The molecule has 0 saturated heterocycles. The zero-order valence-corrected chi connectivity index (χ0v) is 46.7. The summed E-state index contributed by atoms with van der Waals surface area (Å²) < 4.78 is 16.9. The highest BCUT2D eigenvalue weighted by atomic mass is 16.6. The van der Waals surface area contributed by atoms with Crippen molar-refractivity contribution in [3.05, 3.63) is 0 Å². The maximum absolute atomic E-state index is 12.9. The van der Waals surface area contributed by atoms with Gasteiger partial charge in [0.25, 0.3) is 0 Å². The Kier molecular flexibility index (Phi) is 53.5. The molecule has 0 aliphatic carbocycles. The van der Waals surface area contributed by atoms with Crippen molar-refractivity contribution in [3.8, 4) is 0 Å². The molecule has 0 amide bonds. The predicted molar refractivity (Wildman–Crippen MR) is 293 cm³/mol. The molecule has 0 rings (SSSR count). The maximum Gasteiger partial charge on any atom is 0.306 e. The first-order valence-corrected chi connectivity index (χ1v) is 30.7. The van der Waals surface area contributed by atoms with E-state index in [0.717, 1.165) is 69.6 Å². The minimum Gasteiger partial charge on any atom is -0.462 e. The molecule has 6 heteroatoms. The van der Waals surface area contributed by atoms with E-state index < -0.39 is 6.10 Å². The highest BCUT2D eigenvalue weighted by Crippen LogP contribution is 2.19. The molecule has 0 unspecified atom stereocenters. The fraction of sp³-hybridized carbons (Fsp3) is 0.952. The fourth-order valence-corrected chi connectivity index (χ4v) is 9.58. The Balaban J connectivity index is 4.25. The lowest BCUT2D eigenvalue weighted by Crippen LogP contribution is -2.30. The molecule has 0 aromatic heterocycles. The van der Waals surface area contributed by atoms with Crippen molar-refractivity contribution in [2.24, 2.45) is 11.8 Å². The van der Waals surface area contributed by atoms with E-state index in [1.165, 1.54) is 238 Å². The number of carbonyl (C=O) groups is 3. The summed E-state index contributed by atoms with van der Waals surface area (Å²) in [6, 6.07) is 0. The Labute approximate surface area is 425 Å². The Hall–Kier alpha value is -1.59. The van der Waals surface area contributed by atoms with Crippen LogP contribution in [0, 0.1) is 11.8 Å². The predicted octanol–water partition coefficient (Wildman–Crippen LogP) is 20.4. The van der Waals surface area contributed by atoms with Crippen molar-refractivity contribution < 1.29 is 28.6 Å². The molecule has 0 fully saturated rings. The van der Waals surface area contributed by atoms with Gasteiger partial charge in [0.2, 0.25) is 0 Å². The van der Waals surface area contributed by atoms with Gasteiger partial charge in [-0.05, 0) is 31.1 Å². The molecule has 0 N–H and O–H groups in total. The van der Waals surface area contributed by atoms with E-state index in [1.807, 2.05) is 0 Å². The van der Waals surface area contributed by atoms with Gasteiger partial charge in [0, 0.05) is 19.3 Å². The van der Waals surface area contributed by atoms with Crippen molar-refractivity contribution in [2.45, 2.75) is 355 Å². The van der Waals surface area contributed by atoms with Crippen LogP contribution in [0.2, 0.25) is 0 Å². The van der Waals surface area contributed by atoms with Crippen LogP contribution in [0.4, 0.5) is 0 Å². The summed E-state index contributed by atoms with van der Waals surface area (Å²) in [5.41, 5.74) is 0. The molecule has 0 aliphatic rings. The van der Waals surface area contributed by atoms with Gasteiger partial charge in [0.1, 0.15) is 13.2 Å². The monoisotopic (exact) mass is 961 g/mol. The van der Waals surface area contributed by atoms with Crippen LogP contribution in [0.25, 0.3) is 0 Å². The average molecular weight is 962 g/mol. The zero-order valence-electron chi connectivity index (χ0n) is 46.7. The van der Waals surface area contributed by atoms with E-state index in [2.05, 4.69) is 34.6 Å². The normalized spacial score (nSPS) is 12.0. The molecule has 6 nitrogen and oxygen atoms in total. The summed E-state index contributed by atoms with van der Waals surface area (Å²) in [6.07, 6.45) is 59.6. The first-order valence-electron chi connectivity index (χ1n) is 30.7. The average Bonchev–Trinajstić information content (AvgIpc) is 3.31. The van der Waals surface area contributed by atoms with Gasteiger partial charge in [-0.2, -0.15) is 0 Å². The van der Waals surface area contributed by atoms with E-state index in [0.29, 0.717) is 19.3 Å². The van der Waals surface area contributed by atoms with Crippen LogP contribution >= 0.6 is 0 Å². The van der Waals surface area contributed by atoms with Gasteiger partial charge >= 0.3 is 17.9 Å². The Morgan fingerprint density at radius 1 is 0.279 bits per heavy atom. The first-order chi connectivity index (χ1) is 33.2. The van der Waals surface area contributed by atoms with Crippen molar-refractivity contribution >= 4 is 17.9 Å². The molecule has 0 aromatic carbocycles. The van der Waals surface area contributed by atoms with E-state index in [9.17, 15) is 14.4 Å². The number of ether oxygens (including phenoxy) is 3. The van der Waals surface area contributed by atoms with Crippen molar-refractivity contribution in [2.75, 3.05) is 13.2 Å². The standard InChI is InChI=1S/C62H120O6/c1-6-7-8-9-10-11-12-13-14-15-16-17-21-24-27-32-37-42-47-52-60(63)66-55-59(56-67-61(64)53-48-43-38-34-29-31-36-41-46-51-58(4)5)68-62(65)54-49-44-39-33-28-25-22-19-18-20-23-26-30-35-40-45-50-57(2)3/h57-59H,6-56H2,1-5H3/t59-/m0/s1. The molecule has 0 spiro atoms. The van der Waals surface area contributed by atoms with Gasteiger partial charge in [-0.25, -0.2) is 0 Å². The minimum atomic E-state index is -0.763. The summed E-state index contributed by atoms with van der Waals surface area (Å²) in [4.78, 5) is 38.2. The molecule has 0 bridgehead atoms. The third kappa shape index (κ3) is 55.3. The quantitative estimate of drug-likeness (QED) is 0.0343. The third-order valence-electron chi connectivity index (χ3n) is 14.2. The first kappa shape index (κ1) is 66.4. The maximum atomic E-state index is 12.9. The number of hydrogen-bond donors (Lipinski definition) is 0. The van der Waals surface area contributed by atoms with Gasteiger partial charge in [0.15, 0.2) is 6.10 Å². The van der Waals surface area contributed by atoms with Crippen LogP contribution in [-0.2, 0) is 28.6 Å². The van der Waals surface area contributed by atoms with E-state index in [1.54, 1.807) is 0 Å². The number of esters is 3. The summed E-state index contributed by atoms with van der Waals surface area (Å²) in [6.45, 7) is 11.4. The number of unbranched alkanes of at least 4 members (excludes halogenated alkanes) is 41. The highest BCUT2D eigenvalue weighted by molar-refractivity contribution is 5.71. The smallest absolute Gasteiger partial charge is 0.306 e. The molecular weight excluding hydrogens is 841 g/mol. The Bertz CT molecular complexity index is 1040. The Morgan fingerprint density at radius 3 is 0.721 bits per heavy atom. The molecule has 0 heterocycles. The van der Waals surface area contributed by atoms with Gasteiger partial charge in [-0.3, -0.25) is 14.4 Å². The molecule has 404 valence electrons.